The Morgan fingerprint density at radius 3 is 2.29 bits per heavy atom. The van der Waals surface area contributed by atoms with Crippen LogP contribution in [0.1, 0.15) is 23.6 Å². The van der Waals surface area contributed by atoms with Gasteiger partial charge < -0.3 is 4.74 Å². The average molecular weight is 188 g/mol. The molecule has 1 nitrogen and oxygen atoms in total. The maximum Gasteiger partial charge on any atom is 0.122 e. The lowest BCUT2D eigenvalue weighted by Crippen LogP contribution is -1.95. The molecule has 0 fully saturated rings. The molecule has 0 bridgehead atoms. The van der Waals surface area contributed by atoms with Gasteiger partial charge in [0.2, 0.25) is 0 Å². The van der Waals surface area contributed by atoms with E-state index in [-0.39, 0.29) is 0 Å². The van der Waals surface area contributed by atoms with E-state index in [2.05, 4.69) is 19.2 Å². The first kappa shape index (κ1) is 10.6. The minimum atomic E-state index is 0.685. The second kappa shape index (κ2) is 4.66. The number of rotatable bonds is 4. The number of ether oxygens (including phenoxy) is 1. The van der Waals surface area contributed by atoms with Gasteiger partial charge in [-0.1, -0.05) is 25.3 Å². The number of hydrogen-bond acceptors (Lipinski definition) is 1. The van der Waals surface area contributed by atoms with Crippen LogP contribution >= 0.6 is 0 Å². The van der Waals surface area contributed by atoms with Crippen molar-refractivity contribution in [3.63, 3.8) is 0 Å². The van der Waals surface area contributed by atoms with Crippen LogP contribution in [0.3, 0.4) is 0 Å². The summed E-state index contributed by atoms with van der Waals surface area (Å²) >= 11 is 0. The van der Waals surface area contributed by atoms with Crippen molar-refractivity contribution in [2.75, 3.05) is 6.61 Å². The predicted molar refractivity (Wildman–Crippen MR) is 62.5 cm³/mol. The van der Waals surface area contributed by atoms with E-state index in [1.165, 1.54) is 0 Å². The molecule has 74 valence electrons. The Kier molecular flexibility index (Phi) is 3.52. The van der Waals surface area contributed by atoms with Crippen molar-refractivity contribution < 1.29 is 4.74 Å². The Morgan fingerprint density at radius 2 is 1.79 bits per heavy atom. The van der Waals surface area contributed by atoms with Crippen LogP contribution in [0, 0.1) is 6.92 Å². The summed E-state index contributed by atoms with van der Waals surface area (Å²) in [6.45, 7) is 12.2. The molecule has 0 aliphatic carbocycles. The molecule has 1 aromatic carbocycles. The Hall–Kier alpha value is -1.50. The fraction of sp³-hybridized carbons (Fsp3) is 0.231. The summed E-state index contributed by atoms with van der Waals surface area (Å²) in [6, 6.07) is 4.07. The zero-order valence-corrected chi connectivity index (χ0v) is 8.84. The fourth-order valence-electron chi connectivity index (χ4n) is 1.39. The smallest absolute Gasteiger partial charge is 0.122 e. The second-order valence-corrected chi connectivity index (χ2v) is 3.09. The van der Waals surface area contributed by atoms with E-state index < -0.39 is 0 Å². The zero-order valence-electron chi connectivity index (χ0n) is 8.84. The van der Waals surface area contributed by atoms with Gasteiger partial charge in [-0.3, -0.25) is 0 Å². The van der Waals surface area contributed by atoms with Crippen molar-refractivity contribution in [3.8, 4) is 5.75 Å². The molecular weight excluding hydrogens is 172 g/mol. The summed E-state index contributed by atoms with van der Waals surface area (Å²) in [7, 11) is 0. The molecule has 14 heavy (non-hydrogen) atoms. The van der Waals surface area contributed by atoms with Crippen LogP contribution < -0.4 is 4.74 Å². The molecule has 0 aliphatic rings. The van der Waals surface area contributed by atoms with Crippen molar-refractivity contribution in [2.24, 2.45) is 0 Å². The lowest BCUT2D eigenvalue weighted by Gasteiger charge is -2.10. The predicted octanol–water partition coefficient (Wildman–Crippen LogP) is 3.68. The van der Waals surface area contributed by atoms with Gasteiger partial charge in [0, 0.05) is 0 Å². The molecule has 0 heterocycles. The topological polar surface area (TPSA) is 9.23 Å². The molecule has 0 aliphatic heterocycles. The van der Waals surface area contributed by atoms with Gasteiger partial charge in [-0.25, -0.2) is 0 Å². The molecule has 1 rings (SSSR count). The lowest BCUT2D eigenvalue weighted by atomic mass is 10.0. The van der Waals surface area contributed by atoms with Crippen molar-refractivity contribution in [1.29, 1.82) is 0 Å². The summed E-state index contributed by atoms with van der Waals surface area (Å²) in [4.78, 5) is 0. The third-order valence-corrected chi connectivity index (χ3v) is 2.12. The molecular formula is C13H16O. The largest absolute Gasteiger partial charge is 0.494 e. The van der Waals surface area contributed by atoms with E-state index in [1.54, 1.807) is 0 Å². The monoisotopic (exact) mass is 188 g/mol. The molecule has 1 heteroatoms. The Balaban J connectivity index is 3.22. The van der Waals surface area contributed by atoms with Gasteiger partial charge in [-0.05, 0) is 42.7 Å². The van der Waals surface area contributed by atoms with Crippen molar-refractivity contribution >= 4 is 12.2 Å². The van der Waals surface area contributed by atoms with E-state index in [0.29, 0.717) is 6.61 Å². The van der Waals surface area contributed by atoms with Crippen LogP contribution in [-0.4, -0.2) is 6.61 Å². The Morgan fingerprint density at radius 1 is 1.21 bits per heavy atom. The molecule has 0 spiro atoms. The maximum atomic E-state index is 5.50. The highest BCUT2D eigenvalue weighted by Gasteiger charge is 2.03. The zero-order chi connectivity index (χ0) is 10.6. The maximum absolute atomic E-state index is 5.50. The number of benzene rings is 1. The minimum Gasteiger partial charge on any atom is -0.494 e. The molecule has 0 aromatic heterocycles. The summed E-state index contributed by atoms with van der Waals surface area (Å²) in [5.41, 5.74) is 3.29. The molecule has 0 atom stereocenters. The third kappa shape index (κ3) is 2.05. The van der Waals surface area contributed by atoms with Crippen LogP contribution in [0.5, 0.6) is 5.75 Å². The van der Waals surface area contributed by atoms with Gasteiger partial charge in [0.25, 0.3) is 0 Å². The van der Waals surface area contributed by atoms with Crippen molar-refractivity contribution in [2.45, 2.75) is 13.8 Å². The average Bonchev–Trinajstić information content (AvgIpc) is 2.20. The molecule has 0 unspecified atom stereocenters. The number of aryl methyl sites for hydroxylation is 1. The van der Waals surface area contributed by atoms with E-state index in [0.717, 1.165) is 22.4 Å². The van der Waals surface area contributed by atoms with Crippen LogP contribution in [0.15, 0.2) is 25.3 Å². The van der Waals surface area contributed by atoms with Crippen molar-refractivity contribution in [1.82, 2.24) is 0 Å². The molecule has 0 amide bonds. The molecule has 0 radical (unpaired) electrons. The standard InChI is InChI=1S/C13H16O/c1-5-11-8-10(4)13(14-7-3)9-12(11)6-2/h5-6,8-9H,1-2,7H2,3-4H3. The lowest BCUT2D eigenvalue weighted by molar-refractivity contribution is 0.338. The molecule has 0 saturated carbocycles. The van der Waals surface area contributed by atoms with E-state index in [1.807, 2.05) is 32.1 Å². The van der Waals surface area contributed by atoms with Crippen LogP contribution in [0.25, 0.3) is 12.2 Å². The SMILES string of the molecule is C=Cc1cc(C)c(OCC)cc1C=C. The molecule has 0 N–H and O–H groups in total. The third-order valence-electron chi connectivity index (χ3n) is 2.12. The van der Waals surface area contributed by atoms with Gasteiger partial charge in [0.15, 0.2) is 0 Å². The minimum absolute atomic E-state index is 0.685. The fourth-order valence-corrected chi connectivity index (χ4v) is 1.39. The highest BCUT2D eigenvalue weighted by atomic mass is 16.5. The first-order valence-electron chi connectivity index (χ1n) is 4.75. The van der Waals surface area contributed by atoms with Gasteiger partial charge >= 0.3 is 0 Å². The highest BCUT2D eigenvalue weighted by molar-refractivity contribution is 5.66. The summed E-state index contributed by atoms with van der Waals surface area (Å²) in [6.07, 6.45) is 3.65. The molecule has 0 saturated heterocycles. The summed E-state index contributed by atoms with van der Waals surface area (Å²) in [5, 5.41) is 0. The van der Waals surface area contributed by atoms with Gasteiger partial charge in [-0.2, -0.15) is 0 Å². The first-order valence-corrected chi connectivity index (χ1v) is 4.75. The summed E-state index contributed by atoms with van der Waals surface area (Å²) in [5.74, 6) is 0.924. The second-order valence-electron chi connectivity index (χ2n) is 3.09. The van der Waals surface area contributed by atoms with Crippen LogP contribution in [-0.2, 0) is 0 Å². The van der Waals surface area contributed by atoms with E-state index >= 15 is 0 Å². The Labute approximate surface area is 85.7 Å². The van der Waals surface area contributed by atoms with E-state index in [9.17, 15) is 0 Å². The van der Waals surface area contributed by atoms with Crippen LogP contribution in [0.4, 0.5) is 0 Å². The summed E-state index contributed by atoms with van der Waals surface area (Å²) < 4.78 is 5.50. The quantitative estimate of drug-likeness (QED) is 0.700. The highest BCUT2D eigenvalue weighted by Crippen LogP contribution is 2.24. The van der Waals surface area contributed by atoms with Crippen LogP contribution in [0.2, 0.25) is 0 Å². The van der Waals surface area contributed by atoms with Gasteiger partial charge in [0.1, 0.15) is 5.75 Å². The van der Waals surface area contributed by atoms with E-state index in [4.69, 9.17) is 4.74 Å². The van der Waals surface area contributed by atoms with Gasteiger partial charge in [0.05, 0.1) is 6.61 Å². The van der Waals surface area contributed by atoms with Crippen molar-refractivity contribution in [3.05, 3.63) is 42.0 Å². The Bertz CT molecular complexity index is 350. The molecule has 1 aromatic rings. The van der Waals surface area contributed by atoms with Gasteiger partial charge in [-0.15, -0.1) is 0 Å². The number of hydrogen-bond donors (Lipinski definition) is 0. The normalized spacial score (nSPS) is 9.57. The first-order chi connectivity index (χ1) is 6.72.